The molecule has 184 valence electrons. The highest BCUT2D eigenvalue weighted by Crippen LogP contribution is 2.23. The maximum Gasteiger partial charge on any atom is 0.242 e. The first kappa shape index (κ1) is 24.5. The van der Waals surface area contributed by atoms with E-state index in [9.17, 15) is 9.90 Å². The van der Waals surface area contributed by atoms with Gasteiger partial charge in [0.25, 0.3) is 0 Å². The van der Waals surface area contributed by atoms with Gasteiger partial charge in [-0.25, -0.2) is 4.68 Å². The fourth-order valence-corrected chi connectivity index (χ4v) is 4.32. The summed E-state index contributed by atoms with van der Waals surface area (Å²) in [4.78, 5) is 13.0. The maximum atomic E-state index is 13.0. The molecule has 7 nitrogen and oxygen atoms in total. The molecule has 0 unspecified atom stereocenters. The molecule has 1 heterocycles. The molecule has 2 atom stereocenters. The van der Waals surface area contributed by atoms with Gasteiger partial charge in [0.05, 0.1) is 18.8 Å². The fourth-order valence-electron chi connectivity index (χ4n) is 4.32. The number of hydrogen-bond acceptors (Lipinski definition) is 5. The Morgan fingerprint density at radius 2 is 1.86 bits per heavy atom. The summed E-state index contributed by atoms with van der Waals surface area (Å²) in [6, 6.07) is 19.5. The minimum atomic E-state index is -0.177. The van der Waals surface area contributed by atoms with Crippen molar-refractivity contribution in [3.63, 3.8) is 0 Å². The van der Waals surface area contributed by atoms with Gasteiger partial charge < -0.3 is 19.9 Å². The molecule has 0 aliphatic heterocycles. The SMILES string of the molecule is C=C(O)c1cc(OCc2ccccc2C)n(CC(=O)N[C@H]2CCCC[C@@H]2OCc2ccccc2)n1. The molecule has 0 saturated heterocycles. The van der Waals surface area contributed by atoms with Gasteiger partial charge in [0.1, 0.15) is 24.6 Å². The van der Waals surface area contributed by atoms with Crippen molar-refractivity contribution in [2.75, 3.05) is 0 Å². The molecule has 0 bridgehead atoms. The number of aliphatic hydroxyl groups excluding tert-OH is 1. The number of carbonyl (C=O) groups excluding carboxylic acids is 1. The molecule has 3 aromatic rings. The van der Waals surface area contributed by atoms with E-state index in [2.05, 4.69) is 17.0 Å². The number of aryl methyl sites for hydroxylation is 1. The number of aliphatic hydroxyl groups is 1. The molecule has 1 fully saturated rings. The third kappa shape index (κ3) is 6.73. The van der Waals surface area contributed by atoms with Crippen LogP contribution in [0.5, 0.6) is 5.88 Å². The Labute approximate surface area is 206 Å². The van der Waals surface area contributed by atoms with Crippen molar-refractivity contribution in [2.45, 2.75) is 64.5 Å². The van der Waals surface area contributed by atoms with E-state index in [1.807, 2.05) is 61.5 Å². The van der Waals surface area contributed by atoms with E-state index < -0.39 is 0 Å². The van der Waals surface area contributed by atoms with Crippen LogP contribution in [0.2, 0.25) is 0 Å². The zero-order chi connectivity index (χ0) is 24.6. The first-order valence-electron chi connectivity index (χ1n) is 12.1. The fraction of sp³-hybridized carbons (Fsp3) is 0.357. The van der Waals surface area contributed by atoms with E-state index in [1.165, 1.54) is 4.68 Å². The Kier molecular flexibility index (Phi) is 8.21. The van der Waals surface area contributed by atoms with Gasteiger partial charge in [0, 0.05) is 6.07 Å². The number of benzene rings is 2. The van der Waals surface area contributed by atoms with Crippen LogP contribution in [0.25, 0.3) is 5.76 Å². The minimum Gasteiger partial charge on any atom is -0.506 e. The highest BCUT2D eigenvalue weighted by atomic mass is 16.5. The van der Waals surface area contributed by atoms with Crippen LogP contribution in [0.15, 0.2) is 67.2 Å². The van der Waals surface area contributed by atoms with Crippen LogP contribution < -0.4 is 10.1 Å². The smallest absolute Gasteiger partial charge is 0.242 e. The lowest BCUT2D eigenvalue weighted by Gasteiger charge is -2.32. The van der Waals surface area contributed by atoms with Gasteiger partial charge in [-0.15, -0.1) is 0 Å². The van der Waals surface area contributed by atoms with Crippen LogP contribution in [0.1, 0.15) is 48.1 Å². The third-order valence-electron chi connectivity index (χ3n) is 6.32. The number of carbonyl (C=O) groups is 1. The van der Waals surface area contributed by atoms with E-state index in [0.717, 1.165) is 42.4 Å². The van der Waals surface area contributed by atoms with Gasteiger partial charge in [-0.05, 0) is 36.5 Å². The first-order valence-corrected chi connectivity index (χ1v) is 12.1. The van der Waals surface area contributed by atoms with Crippen molar-refractivity contribution in [3.05, 3.63) is 89.6 Å². The average molecular weight is 476 g/mol. The van der Waals surface area contributed by atoms with E-state index in [-0.39, 0.29) is 36.1 Å². The number of aromatic nitrogens is 2. The monoisotopic (exact) mass is 475 g/mol. The van der Waals surface area contributed by atoms with Crippen molar-refractivity contribution in [2.24, 2.45) is 0 Å². The summed E-state index contributed by atoms with van der Waals surface area (Å²) in [6.45, 7) is 6.39. The second-order valence-electron chi connectivity index (χ2n) is 8.98. The summed E-state index contributed by atoms with van der Waals surface area (Å²) < 4.78 is 13.6. The lowest BCUT2D eigenvalue weighted by atomic mass is 9.92. The van der Waals surface area contributed by atoms with Gasteiger partial charge in [-0.1, -0.05) is 74.0 Å². The van der Waals surface area contributed by atoms with Crippen LogP contribution in [0, 0.1) is 6.92 Å². The van der Waals surface area contributed by atoms with E-state index >= 15 is 0 Å². The average Bonchev–Trinajstić information content (AvgIpc) is 3.26. The molecule has 0 radical (unpaired) electrons. The Morgan fingerprint density at radius 3 is 2.63 bits per heavy atom. The van der Waals surface area contributed by atoms with Crippen LogP contribution in [0.3, 0.4) is 0 Å². The lowest BCUT2D eigenvalue weighted by molar-refractivity contribution is -0.124. The summed E-state index contributed by atoms with van der Waals surface area (Å²) >= 11 is 0. The number of rotatable bonds is 10. The van der Waals surface area contributed by atoms with Gasteiger partial charge in [0.15, 0.2) is 0 Å². The number of hydrogen-bond donors (Lipinski definition) is 2. The number of amides is 1. The van der Waals surface area contributed by atoms with Crippen molar-refractivity contribution < 1.29 is 19.4 Å². The van der Waals surface area contributed by atoms with Crippen molar-refractivity contribution in [1.29, 1.82) is 0 Å². The molecular formula is C28H33N3O4. The molecule has 4 rings (SSSR count). The molecule has 1 amide bonds. The van der Waals surface area contributed by atoms with Crippen LogP contribution >= 0.6 is 0 Å². The predicted octanol–water partition coefficient (Wildman–Crippen LogP) is 4.94. The van der Waals surface area contributed by atoms with Gasteiger partial charge >= 0.3 is 0 Å². The number of ether oxygens (including phenoxy) is 2. The van der Waals surface area contributed by atoms with Crippen LogP contribution in [-0.4, -0.2) is 32.9 Å². The normalized spacial score (nSPS) is 17.6. The zero-order valence-corrected chi connectivity index (χ0v) is 20.2. The quantitative estimate of drug-likeness (QED) is 0.406. The van der Waals surface area contributed by atoms with E-state index in [4.69, 9.17) is 9.47 Å². The molecule has 1 aromatic heterocycles. The predicted molar refractivity (Wildman–Crippen MR) is 135 cm³/mol. The summed E-state index contributed by atoms with van der Waals surface area (Å²) in [5, 5.41) is 17.3. The zero-order valence-electron chi connectivity index (χ0n) is 20.2. The summed E-state index contributed by atoms with van der Waals surface area (Å²) in [7, 11) is 0. The van der Waals surface area contributed by atoms with Gasteiger partial charge in [0.2, 0.25) is 11.8 Å². The van der Waals surface area contributed by atoms with Gasteiger partial charge in [-0.2, -0.15) is 5.10 Å². The Bertz CT molecular complexity index is 1140. The third-order valence-corrected chi connectivity index (χ3v) is 6.32. The molecule has 1 saturated carbocycles. The Hall–Kier alpha value is -3.58. The molecule has 2 N–H and O–H groups in total. The van der Waals surface area contributed by atoms with Crippen molar-refractivity contribution in [3.8, 4) is 5.88 Å². The highest BCUT2D eigenvalue weighted by molar-refractivity contribution is 5.76. The Balaban J connectivity index is 1.39. The molecule has 0 spiro atoms. The second-order valence-corrected chi connectivity index (χ2v) is 8.98. The maximum absolute atomic E-state index is 13.0. The molecule has 1 aliphatic rings. The van der Waals surface area contributed by atoms with Crippen molar-refractivity contribution in [1.82, 2.24) is 15.1 Å². The number of nitrogens with zero attached hydrogens (tertiary/aromatic N) is 2. The standard InChI is InChI=1S/C28H33N3O4/c1-20-10-6-7-13-23(20)19-35-28-16-25(21(2)32)30-31(28)17-27(33)29-24-14-8-9-15-26(24)34-18-22-11-4-3-5-12-22/h3-7,10-13,16,24,26,32H,2,8-9,14-15,17-19H2,1H3,(H,29,33)/t24-,26-/m0/s1. The lowest BCUT2D eigenvalue weighted by Crippen LogP contribution is -2.47. The number of nitrogens with one attached hydrogen (secondary N) is 1. The molecule has 35 heavy (non-hydrogen) atoms. The molecule has 2 aromatic carbocycles. The topological polar surface area (TPSA) is 85.6 Å². The highest BCUT2D eigenvalue weighted by Gasteiger charge is 2.28. The second kappa shape index (κ2) is 11.7. The van der Waals surface area contributed by atoms with E-state index in [0.29, 0.717) is 19.1 Å². The van der Waals surface area contributed by atoms with Gasteiger partial charge in [-0.3, -0.25) is 4.79 Å². The van der Waals surface area contributed by atoms with E-state index in [1.54, 1.807) is 6.07 Å². The minimum absolute atomic E-state index is 0.0295. The Morgan fingerprint density at radius 1 is 1.11 bits per heavy atom. The largest absolute Gasteiger partial charge is 0.506 e. The summed E-state index contributed by atoms with van der Waals surface area (Å²) in [6.07, 6.45) is 3.90. The molecule has 7 heteroatoms. The van der Waals surface area contributed by atoms with Crippen molar-refractivity contribution >= 4 is 11.7 Å². The molecule has 1 aliphatic carbocycles. The van der Waals surface area contributed by atoms with Crippen LogP contribution in [0.4, 0.5) is 0 Å². The molecular weight excluding hydrogens is 442 g/mol. The summed E-state index contributed by atoms with van der Waals surface area (Å²) in [5.41, 5.74) is 3.54. The summed E-state index contributed by atoms with van der Waals surface area (Å²) in [5.74, 6) is 0.0461. The first-order chi connectivity index (χ1) is 17.0. The van der Waals surface area contributed by atoms with Crippen LogP contribution in [-0.2, 0) is 29.3 Å².